The molecule has 1 fully saturated rings. The summed E-state index contributed by atoms with van der Waals surface area (Å²) in [5.41, 5.74) is 7.01. The first-order valence-electron chi connectivity index (χ1n) is 7.84. The standard InChI is InChI=1S/C16H20N4O2/c17-16(7-3-4-8-16)15-19-14(22-20-15)13-11-5-1-2-6-12(11)21-10-9-18-13/h1-2,5-6,13,18H,3-4,7-10,17H2. The van der Waals surface area contributed by atoms with Gasteiger partial charge in [0.15, 0.2) is 5.82 Å². The maximum atomic E-state index is 6.42. The van der Waals surface area contributed by atoms with Gasteiger partial charge in [0.05, 0.1) is 5.54 Å². The van der Waals surface area contributed by atoms with Crippen molar-refractivity contribution in [3.8, 4) is 5.75 Å². The lowest BCUT2D eigenvalue weighted by Gasteiger charge is -2.18. The molecule has 1 unspecified atom stereocenters. The molecule has 0 bridgehead atoms. The van der Waals surface area contributed by atoms with Crippen molar-refractivity contribution in [2.24, 2.45) is 5.73 Å². The Morgan fingerprint density at radius 1 is 1.23 bits per heavy atom. The van der Waals surface area contributed by atoms with Crippen LogP contribution in [0.25, 0.3) is 0 Å². The summed E-state index contributed by atoms with van der Waals surface area (Å²) < 4.78 is 11.3. The number of benzene rings is 1. The minimum absolute atomic E-state index is 0.148. The van der Waals surface area contributed by atoms with Crippen LogP contribution in [0.15, 0.2) is 28.8 Å². The van der Waals surface area contributed by atoms with E-state index in [0.717, 1.165) is 43.5 Å². The number of rotatable bonds is 2. The van der Waals surface area contributed by atoms with Gasteiger partial charge in [-0.15, -0.1) is 0 Å². The first-order valence-corrected chi connectivity index (χ1v) is 7.84. The number of nitrogens with two attached hydrogens (primary N) is 1. The molecule has 6 nitrogen and oxygen atoms in total. The molecule has 1 atom stereocenters. The molecule has 116 valence electrons. The predicted octanol–water partition coefficient (Wildman–Crippen LogP) is 1.87. The summed E-state index contributed by atoms with van der Waals surface area (Å²) in [5, 5.41) is 7.57. The Morgan fingerprint density at radius 3 is 2.91 bits per heavy atom. The molecule has 0 radical (unpaired) electrons. The van der Waals surface area contributed by atoms with E-state index in [1.54, 1.807) is 0 Å². The highest BCUT2D eigenvalue weighted by molar-refractivity contribution is 5.39. The molecule has 3 N–H and O–H groups in total. The molecule has 0 spiro atoms. The number of aromatic nitrogens is 2. The molecule has 1 aliphatic heterocycles. The zero-order valence-corrected chi connectivity index (χ0v) is 12.4. The van der Waals surface area contributed by atoms with E-state index in [1.807, 2.05) is 24.3 Å². The lowest BCUT2D eigenvalue weighted by molar-refractivity contribution is 0.317. The highest BCUT2D eigenvalue weighted by atomic mass is 16.5. The van der Waals surface area contributed by atoms with E-state index in [-0.39, 0.29) is 6.04 Å². The van der Waals surface area contributed by atoms with Gasteiger partial charge in [-0.05, 0) is 18.9 Å². The summed E-state index contributed by atoms with van der Waals surface area (Å²) in [6.45, 7) is 1.35. The van der Waals surface area contributed by atoms with Crippen molar-refractivity contribution < 1.29 is 9.26 Å². The summed E-state index contributed by atoms with van der Waals surface area (Å²) in [4.78, 5) is 4.61. The van der Waals surface area contributed by atoms with E-state index in [0.29, 0.717) is 18.3 Å². The largest absolute Gasteiger partial charge is 0.492 e. The van der Waals surface area contributed by atoms with Crippen LogP contribution in [0.1, 0.15) is 49.0 Å². The Hall–Kier alpha value is -1.92. The molecule has 6 heteroatoms. The Balaban J connectivity index is 1.69. The molecule has 0 amide bonds. The van der Waals surface area contributed by atoms with Gasteiger partial charge in [-0.25, -0.2) is 0 Å². The van der Waals surface area contributed by atoms with Gasteiger partial charge in [-0.3, -0.25) is 5.32 Å². The van der Waals surface area contributed by atoms with E-state index in [4.69, 9.17) is 15.0 Å². The third-order valence-corrected chi connectivity index (χ3v) is 4.57. The van der Waals surface area contributed by atoms with E-state index >= 15 is 0 Å². The van der Waals surface area contributed by atoms with Crippen molar-refractivity contribution in [3.63, 3.8) is 0 Å². The van der Waals surface area contributed by atoms with Crippen LogP contribution in [0.5, 0.6) is 5.75 Å². The highest BCUT2D eigenvalue weighted by Gasteiger charge is 2.37. The summed E-state index contributed by atoms with van der Waals surface area (Å²) >= 11 is 0. The minimum Gasteiger partial charge on any atom is -0.492 e. The quantitative estimate of drug-likeness (QED) is 0.880. The average Bonchev–Trinajstić information content (AvgIpc) is 3.14. The van der Waals surface area contributed by atoms with Crippen LogP contribution < -0.4 is 15.8 Å². The normalized spacial score (nSPS) is 23.6. The summed E-state index contributed by atoms with van der Waals surface area (Å²) in [7, 11) is 0. The zero-order chi connectivity index (χ0) is 15.0. The van der Waals surface area contributed by atoms with Crippen molar-refractivity contribution in [2.45, 2.75) is 37.3 Å². The second kappa shape index (κ2) is 5.37. The molecule has 0 saturated heterocycles. The second-order valence-corrected chi connectivity index (χ2v) is 6.09. The SMILES string of the molecule is NC1(c2noc(C3NCCOc4ccccc43)n2)CCCC1. The fourth-order valence-corrected chi connectivity index (χ4v) is 3.33. The molecule has 2 aromatic rings. The maximum Gasteiger partial charge on any atom is 0.248 e. The van der Waals surface area contributed by atoms with Gasteiger partial charge in [0.25, 0.3) is 0 Å². The summed E-state index contributed by atoms with van der Waals surface area (Å²) in [5.74, 6) is 2.05. The monoisotopic (exact) mass is 300 g/mol. The van der Waals surface area contributed by atoms with Crippen LogP contribution in [0.4, 0.5) is 0 Å². The van der Waals surface area contributed by atoms with Gasteiger partial charge in [-0.1, -0.05) is 36.2 Å². The summed E-state index contributed by atoms with van der Waals surface area (Å²) in [6, 6.07) is 7.79. The highest BCUT2D eigenvalue weighted by Crippen LogP contribution is 2.36. The first-order chi connectivity index (χ1) is 10.8. The molecule has 2 heterocycles. The van der Waals surface area contributed by atoms with Crippen molar-refractivity contribution in [2.75, 3.05) is 13.2 Å². The predicted molar refractivity (Wildman–Crippen MR) is 80.4 cm³/mol. The minimum atomic E-state index is -0.428. The fourth-order valence-electron chi connectivity index (χ4n) is 3.33. The zero-order valence-electron chi connectivity index (χ0n) is 12.4. The number of hydrogen-bond donors (Lipinski definition) is 2. The molecular formula is C16H20N4O2. The number of nitrogens with one attached hydrogen (secondary N) is 1. The number of para-hydroxylation sites is 1. The third-order valence-electron chi connectivity index (χ3n) is 4.57. The number of ether oxygens (including phenoxy) is 1. The molecule has 4 rings (SSSR count). The van der Waals surface area contributed by atoms with Gasteiger partial charge in [0.1, 0.15) is 18.4 Å². The Bertz CT molecular complexity index is 664. The van der Waals surface area contributed by atoms with Gasteiger partial charge in [0.2, 0.25) is 5.89 Å². The molecule has 2 aliphatic rings. The molecule has 1 aromatic carbocycles. The van der Waals surface area contributed by atoms with Crippen LogP contribution in [0.2, 0.25) is 0 Å². The van der Waals surface area contributed by atoms with Gasteiger partial charge >= 0.3 is 0 Å². The Kier molecular flexibility index (Phi) is 3.35. The van der Waals surface area contributed by atoms with Crippen LogP contribution in [0, 0.1) is 0 Å². The van der Waals surface area contributed by atoms with Gasteiger partial charge in [-0.2, -0.15) is 4.98 Å². The smallest absolute Gasteiger partial charge is 0.248 e. The lowest BCUT2D eigenvalue weighted by Crippen LogP contribution is -2.34. The van der Waals surface area contributed by atoms with Crippen LogP contribution >= 0.6 is 0 Å². The maximum absolute atomic E-state index is 6.42. The van der Waals surface area contributed by atoms with E-state index < -0.39 is 5.54 Å². The van der Waals surface area contributed by atoms with Crippen LogP contribution in [-0.4, -0.2) is 23.3 Å². The topological polar surface area (TPSA) is 86.2 Å². The van der Waals surface area contributed by atoms with E-state index in [1.165, 1.54) is 0 Å². The molecule has 1 saturated carbocycles. The van der Waals surface area contributed by atoms with Crippen molar-refractivity contribution in [1.82, 2.24) is 15.5 Å². The van der Waals surface area contributed by atoms with Gasteiger partial charge in [0, 0.05) is 12.1 Å². The Morgan fingerprint density at radius 2 is 2.05 bits per heavy atom. The van der Waals surface area contributed by atoms with Crippen molar-refractivity contribution in [3.05, 3.63) is 41.5 Å². The summed E-state index contributed by atoms with van der Waals surface area (Å²) in [6.07, 6.45) is 4.09. The number of hydrogen-bond acceptors (Lipinski definition) is 6. The van der Waals surface area contributed by atoms with Crippen molar-refractivity contribution >= 4 is 0 Å². The second-order valence-electron chi connectivity index (χ2n) is 6.09. The van der Waals surface area contributed by atoms with E-state index in [9.17, 15) is 0 Å². The van der Waals surface area contributed by atoms with Gasteiger partial charge < -0.3 is 15.0 Å². The lowest BCUT2D eigenvalue weighted by atomic mass is 9.98. The first kappa shape index (κ1) is 13.7. The van der Waals surface area contributed by atoms with Crippen molar-refractivity contribution in [1.29, 1.82) is 0 Å². The molecule has 1 aromatic heterocycles. The number of fused-ring (bicyclic) bond motifs is 1. The van der Waals surface area contributed by atoms with E-state index in [2.05, 4.69) is 15.5 Å². The third kappa shape index (κ3) is 2.28. The van der Waals surface area contributed by atoms with Crippen LogP contribution in [-0.2, 0) is 5.54 Å². The molecule has 22 heavy (non-hydrogen) atoms. The van der Waals surface area contributed by atoms with Crippen LogP contribution in [0.3, 0.4) is 0 Å². The molecular weight excluding hydrogens is 280 g/mol. The Labute approximate surface area is 129 Å². The number of nitrogens with zero attached hydrogens (tertiary/aromatic N) is 2. The molecule has 1 aliphatic carbocycles. The fraction of sp³-hybridized carbons (Fsp3) is 0.500. The average molecular weight is 300 g/mol.